The Hall–Kier alpha value is -2.31. The number of nitrogens with one attached hydrogen (secondary N) is 1. The SMILES string of the molecule is CCc1cc(-c2sc(C(=O)Nc3ccccc3Cl)cc2N)n(CC)n1. The first kappa shape index (κ1) is 17.5. The van der Waals surface area contributed by atoms with Crippen molar-refractivity contribution in [2.24, 2.45) is 0 Å². The van der Waals surface area contributed by atoms with Gasteiger partial charge in [-0.25, -0.2) is 0 Å². The molecule has 0 atom stereocenters. The van der Waals surface area contributed by atoms with Gasteiger partial charge in [-0.1, -0.05) is 30.7 Å². The highest BCUT2D eigenvalue weighted by Gasteiger charge is 2.18. The second kappa shape index (κ2) is 7.29. The van der Waals surface area contributed by atoms with Crippen LogP contribution in [0.15, 0.2) is 36.4 Å². The summed E-state index contributed by atoms with van der Waals surface area (Å²) in [5, 5.41) is 7.87. The number of aromatic nitrogens is 2. The molecule has 7 heteroatoms. The van der Waals surface area contributed by atoms with E-state index in [-0.39, 0.29) is 5.91 Å². The van der Waals surface area contributed by atoms with Gasteiger partial charge < -0.3 is 11.1 Å². The summed E-state index contributed by atoms with van der Waals surface area (Å²) >= 11 is 7.46. The molecule has 0 aliphatic rings. The van der Waals surface area contributed by atoms with Crippen molar-refractivity contribution in [2.75, 3.05) is 11.1 Å². The molecule has 2 heterocycles. The zero-order valence-corrected chi connectivity index (χ0v) is 15.6. The summed E-state index contributed by atoms with van der Waals surface area (Å²) in [6.07, 6.45) is 0.852. The second-order valence-electron chi connectivity index (χ2n) is 5.52. The lowest BCUT2D eigenvalue weighted by Crippen LogP contribution is -2.10. The number of amides is 1. The summed E-state index contributed by atoms with van der Waals surface area (Å²) in [6.45, 7) is 4.84. The molecular formula is C18H19ClN4OS. The highest BCUT2D eigenvalue weighted by atomic mass is 35.5. The monoisotopic (exact) mass is 374 g/mol. The van der Waals surface area contributed by atoms with E-state index in [9.17, 15) is 4.79 Å². The van der Waals surface area contributed by atoms with E-state index in [2.05, 4.69) is 17.3 Å². The zero-order valence-electron chi connectivity index (χ0n) is 14.0. The third kappa shape index (κ3) is 3.55. The van der Waals surface area contributed by atoms with Gasteiger partial charge in [-0.3, -0.25) is 9.48 Å². The van der Waals surface area contributed by atoms with Gasteiger partial charge in [-0.15, -0.1) is 11.3 Å². The van der Waals surface area contributed by atoms with E-state index in [0.29, 0.717) is 21.3 Å². The minimum atomic E-state index is -0.227. The van der Waals surface area contributed by atoms with Gasteiger partial charge in [0.05, 0.1) is 37.5 Å². The minimum absolute atomic E-state index is 0.227. The van der Waals surface area contributed by atoms with Crippen LogP contribution in [0.1, 0.15) is 29.2 Å². The van der Waals surface area contributed by atoms with E-state index in [1.807, 2.05) is 29.8 Å². The summed E-state index contributed by atoms with van der Waals surface area (Å²) in [4.78, 5) is 13.9. The van der Waals surface area contributed by atoms with Crippen LogP contribution in [0.3, 0.4) is 0 Å². The number of benzene rings is 1. The molecule has 0 aliphatic heterocycles. The first-order chi connectivity index (χ1) is 12.0. The number of para-hydroxylation sites is 1. The fraction of sp³-hybridized carbons (Fsp3) is 0.222. The van der Waals surface area contributed by atoms with Crippen molar-refractivity contribution >= 4 is 40.2 Å². The predicted octanol–water partition coefficient (Wildman–Crippen LogP) is 4.68. The van der Waals surface area contributed by atoms with E-state index in [0.717, 1.165) is 29.2 Å². The van der Waals surface area contributed by atoms with E-state index in [4.69, 9.17) is 17.3 Å². The van der Waals surface area contributed by atoms with Crippen molar-refractivity contribution in [1.29, 1.82) is 0 Å². The fourth-order valence-electron chi connectivity index (χ4n) is 2.53. The van der Waals surface area contributed by atoms with E-state index < -0.39 is 0 Å². The molecule has 0 saturated heterocycles. The van der Waals surface area contributed by atoms with Gasteiger partial charge in [-0.05, 0) is 37.6 Å². The van der Waals surface area contributed by atoms with Gasteiger partial charge in [0.15, 0.2) is 0 Å². The minimum Gasteiger partial charge on any atom is -0.397 e. The number of carbonyl (C=O) groups is 1. The van der Waals surface area contributed by atoms with Gasteiger partial charge in [-0.2, -0.15) is 5.10 Å². The lowest BCUT2D eigenvalue weighted by atomic mass is 10.2. The Morgan fingerprint density at radius 1 is 1.32 bits per heavy atom. The van der Waals surface area contributed by atoms with E-state index >= 15 is 0 Å². The van der Waals surface area contributed by atoms with Crippen LogP contribution in [-0.4, -0.2) is 15.7 Å². The maximum Gasteiger partial charge on any atom is 0.265 e. The lowest BCUT2D eigenvalue weighted by Gasteiger charge is -2.05. The Balaban J connectivity index is 1.91. The molecule has 0 radical (unpaired) electrons. The van der Waals surface area contributed by atoms with Crippen molar-refractivity contribution < 1.29 is 4.79 Å². The van der Waals surface area contributed by atoms with Gasteiger partial charge in [0.1, 0.15) is 0 Å². The first-order valence-corrected chi connectivity index (χ1v) is 9.25. The van der Waals surface area contributed by atoms with Crippen LogP contribution in [0, 0.1) is 0 Å². The van der Waals surface area contributed by atoms with Gasteiger partial charge >= 0.3 is 0 Å². The molecule has 0 spiro atoms. The van der Waals surface area contributed by atoms with Crippen LogP contribution in [0.25, 0.3) is 10.6 Å². The number of rotatable bonds is 5. The normalized spacial score (nSPS) is 10.8. The molecule has 130 valence electrons. The van der Waals surface area contributed by atoms with Crippen LogP contribution in [-0.2, 0) is 13.0 Å². The molecule has 3 aromatic rings. The number of nitrogens with zero attached hydrogens (tertiary/aromatic N) is 2. The summed E-state index contributed by atoms with van der Waals surface area (Å²) in [5.41, 5.74) is 9.28. The van der Waals surface area contributed by atoms with Crippen molar-refractivity contribution in [2.45, 2.75) is 26.8 Å². The highest BCUT2D eigenvalue weighted by Crippen LogP contribution is 2.36. The Morgan fingerprint density at radius 3 is 2.76 bits per heavy atom. The Morgan fingerprint density at radius 2 is 2.08 bits per heavy atom. The molecule has 0 aliphatic carbocycles. The van der Waals surface area contributed by atoms with Crippen LogP contribution in [0.5, 0.6) is 0 Å². The number of thiophene rings is 1. The topological polar surface area (TPSA) is 72.9 Å². The van der Waals surface area contributed by atoms with Crippen LogP contribution < -0.4 is 11.1 Å². The number of anilines is 2. The third-order valence-corrected chi connectivity index (χ3v) is 5.33. The smallest absolute Gasteiger partial charge is 0.265 e. The standard InChI is InChI=1S/C18H19ClN4OS/c1-3-11-9-15(23(4-2)22-11)17-13(20)10-16(25-17)18(24)21-14-8-6-5-7-12(14)19/h5-10H,3-4,20H2,1-2H3,(H,21,24). The Kier molecular flexibility index (Phi) is 5.11. The Bertz CT molecular complexity index is 916. The summed E-state index contributed by atoms with van der Waals surface area (Å²) < 4.78 is 1.91. The van der Waals surface area contributed by atoms with Crippen LogP contribution in [0.2, 0.25) is 5.02 Å². The molecule has 3 N–H and O–H groups in total. The molecule has 1 aromatic carbocycles. The second-order valence-corrected chi connectivity index (χ2v) is 6.98. The molecule has 0 bridgehead atoms. The van der Waals surface area contributed by atoms with Crippen molar-refractivity contribution in [1.82, 2.24) is 9.78 Å². The molecular weight excluding hydrogens is 356 g/mol. The van der Waals surface area contributed by atoms with Crippen molar-refractivity contribution in [3.63, 3.8) is 0 Å². The molecule has 0 unspecified atom stereocenters. The number of carbonyl (C=O) groups excluding carboxylic acids is 1. The first-order valence-electron chi connectivity index (χ1n) is 8.05. The largest absolute Gasteiger partial charge is 0.397 e. The molecule has 0 saturated carbocycles. The number of hydrogen-bond donors (Lipinski definition) is 2. The number of halogens is 1. The van der Waals surface area contributed by atoms with Crippen molar-refractivity contribution in [3.8, 4) is 10.6 Å². The maximum atomic E-state index is 12.5. The van der Waals surface area contributed by atoms with Crippen molar-refractivity contribution in [3.05, 3.63) is 52.0 Å². The Labute approximate surface area is 155 Å². The quantitative estimate of drug-likeness (QED) is 0.680. The summed E-state index contributed by atoms with van der Waals surface area (Å²) in [5.74, 6) is -0.227. The van der Waals surface area contributed by atoms with Gasteiger partial charge in [0.25, 0.3) is 5.91 Å². The van der Waals surface area contributed by atoms with Gasteiger partial charge in [0.2, 0.25) is 0 Å². The van der Waals surface area contributed by atoms with Gasteiger partial charge in [0, 0.05) is 6.54 Å². The number of hydrogen-bond acceptors (Lipinski definition) is 4. The number of nitrogen functional groups attached to an aromatic ring is 1. The van der Waals surface area contributed by atoms with Crippen LogP contribution >= 0.6 is 22.9 Å². The average Bonchev–Trinajstić information content (AvgIpc) is 3.19. The highest BCUT2D eigenvalue weighted by molar-refractivity contribution is 7.18. The lowest BCUT2D eigenvalue weighted by molar-refractivity contribution is 0.103. The molecule has 1 amide bonds. The molecule has 5 nitrogen and oxygen atoms in total. The number of aryl methyl sites for hydroxylation is 2. The maximum absolute atomic E-state index is 12.5. The number of nitrogens with two attached hydrogens (primary N) is 1. The predicted molar refractivity (Wildman–Crippen MR) is 104 cm³/mol. The summed E-state index contributed by atoms with van der Waals surface area (Å²) in [7, 11) is 0. The third-order valence-electron chi connectivity index (χ3n) is 3.83. The molecule has 0 fully saturated rings. The van der Waals surface area contributed by atoms with E-state index in [1.54, 1.807) is 18.2 Å². The average molecular weight is 375 g/mol. The molecule has 25 heavy (non-hydrogen) atoms. The van der Waals surface area contributed by atoms with E-state index in [1.165, 1.54) is 11.3 Å². The summed E-state index contributed by atoms with van der Waals surface area (Å²) in [6, 6.07) is 10.9. The zero-order chi connectivity index (χ0) is 18.0. The molecule has 2 aromatic heterocycles. The molecule has 3 rings (SSSR count). The van der Waals surface area contributed by atoms with Crippen LogP contribution in [0.4, 0.5) is 11.4 Å². The fourth-order valence-corrected chi connectivity index (χ4v) is 3.71.